The molecule has 1 heterocycles. The van der Waals surface area contributed by atoms with Crippen LogP contribution in [0.1, 0.15) is 0 Å². The van der Waals surface area contributed by atoms with E-state index < -0.39 is 6.23 Å². The predicted molar refractivity (Wildman–Crippen MR) is 30.0 cm³/mol. The summed E-state index contributed by atoms with van der Waals surface area (Å²) in [6.45, 7) is 1.32. The third-order valence-corrected chi connectivity index (χ3v) is 1.11. The Balaban J connectivity index is 2.23. The normalized spacial score (nSPS) is 39.8. The number of aliphatic hydroxyl groups is 1. The van der Waals surface area contributed by atoms with E-state index >= 15 is 0 Å². The molecular formula is C4H11N3O. The molecule has 0 aliphatic carbocycles. The fourth-order valence-electron chi connectivity index (χ4n) is 0.741. The Labute approximate surface area is 48.1 Å². The van der Waals surface area contributed by atoms with Crippen molar-refractivity contribution in [3.8, 4) is 0 Å². The largest absolute Gasteiger partial charge is 0.377 e. The number of nitrogens with one attached hydrogen (secondary N) is 2. The maximum Gasteiger partial charge on any atom is 0.118 e. The predicted octanol–water partition coefficient (Wildman–Crippen LogP) is -2.22. The Morgan fingerprint density at radius 3 is 2.62 bits per heavy atom. The molecule has 0 aromatic rings. The summed E-state index contributed by atoms with van der Waals surface area (Å²) in [7, 11) is 0. The molecule has 0 aromatic heterocycles. The number of piperazine rings is 1. The molecule has 4 heteroatoms. The Kier molecular flexibility index (Phi) is 1.80. The van der Waals surface area contributed by atoms with E-state index in [0.717, 1.165) is 6.54 Å². The van der Waals surface area contributed by atoms with Gasteiger partial charge in [0.25, 0.3) is 0 Å². The lowest BCUT2D eigenvalue weighted by Gasteiger charge is -2.25. The average Bonchev–Trinajstić information content (AvgIpc) is 1.64. The summed E-state index contributed by atoms with van der Waals surface area (Å²) >= 11 is 0. The lowest BCUT2D eigenvalue weighted by Crippen LogP contribution is -2.58. The van der Waals surface area contributed by atoms with Gasteiger partial charge < -0.3 is 16.2 Å². The summed E-state index contributed by atoms with van der Waals surface area (Å²) < 4.78 is 0. The van der Waals surface area contributed by atoms with Crippen LogP contribution in [-0.2, 0) is 0 Å². The van der Waals surface area contributed by atoms with Crippen LogP contribution in [0.15, 0.2) is 0 Å². The molecule has 4 nitrogen and oxygen atoms in total. The monoisotopic (exact) mass is 117 g/mol. The highest BCUT2D eigenvalue weighted by molar-refractivity contribution is 4.72. The molecular weight excluding hydrogens is 106 g/mol. The van der Waals surface area contributed by atoms with Gasteiger partial charge in [0, 0.05) is 13.1 Å². The first-order valence-electron chi connectivity index (χ1n) is 2.69. The zero-order chi connectivity index (χ0) is 5.98. The second kappa shape index (κ2) is 2.41. The van der Waals surface area contributed by atoms with E-state index in [2.05, 4.69) is 10.6 Å². The minimum absolute atomic E-state index is 0.0984. The molecule has 5 N–H and O–H groups in total. The number of rotatable bonds is 0. The van der Waals surface area contributed by atoms with E-state index in [1.165, 1.54) is 0 Å². The molecule has 8 heavy (non-hydrogen) atoms. The van der Waals surface area contributed by atoms with Gasteiger partial charge in [-0.2, -0.15) is 0 Å². The lowest BCUT2D eigenvalue weighted by atomic mass is 10.3. The van der Waals surface area contributed by atoms with Crippen molar-refractivity contribution in [2.45, 2.75) is 12.4 Å². The molecule has 2 unspecified atom stereocenters. The van der Waals surface area contributed by atoms with E-state index in [9.17, 15) is 0 Å². The first-order chi connectivity index (χ1) is 3.79. The molecule has 0 spiro atoms. The molecule has 1 rings (SSSR count). The van der Waals surface area contributed by atoms with Gasteiger partial charge in [-0.25, -0.2) is 0 Å². The van der Waals surface area contributed by atoms with E-state index in [1.807, 2.05) is 0 Å². The Hall–Kier alpha value is -0.160. The van der Waals surface area contributed by atoms with E-state index in [-0.39, 0.29) is 6.17 Å². The average molecular weight is 117 g/mol. The summed E-state index contributed by atoms with van der Waals surface area (Å²) in [4.78, 5) is 0. The highest BCUT2D eigenvalue weighted by Crippen LogP contribution is 1.82. The number of nitrogens with two attached hydrogens (primary N) is 1. The molecule has 0 saturated carbocycles. The van der Waals surface area contributed by atoms with Crippen LogP contribution in [0.5, 0.6) is 0 Å². The van der Waals surface area contributed by atoms with Gasteiger partial charge in [0.1, 0.15) is 6.23 Å². The highest BCUT2D eigenvalue weighted by atomic mass is 16.3. The third-order valence-electron chi connectivity index (χ3n) is 1.11. The minimum Gasteiger partial charge on any atom is -0.377 e. The van der Waals surface area contributed by atoms with Crippen LogP contribution in [0, 0.1) is 0 Å². The van der Waals surface area contributed by atoms with Crippen molar-refractivity contribution in [1.82, 2.24) is 10.6 Å². The second-order valence-electron chi connectivity index (χ2n) is 1.95. The van der Waals surface area contributed by atoms with Crippen LogP contribution in [0.3, 0.4) is 0 Å². The van der Waals surface area contributed by atoms with Gasteiger partial charge in [-0.05, 0) is 0 Å². The number of aliphatic hydroxyl groups excluding tert-OH is 1. The van der Waals surface area contributed by atoms with Gasteiger partial charge in [-0.1, -0.05) is 0 Å². The Morgan fingerprint density at radius 2 is 2.25 bits per heavy atom. The van der Waals surface area contributed by atoms with E-state index in [4.69, 9.17) is 10.8 Å². The standard InChI is InChI=1S/C4H11N3O/c5-3-1-6-2-4(8)7-3/h3-4,6-8H,1-2,5H2. The molecule has 1 aliphatic rings. The number of hydrogen-bond donors (Lipinski definition) is 4. The van der Waals surface area contributed by atoms with Gasteiger partial charge in [-0.15, -0.1) is 0 Å². The molecule has 48 valence electrons. The summed E-state index contributed by atoms with van der Waals surface area (Å²) in [5.74, 6) is 0. The zero-order valence-electron chi connectivity index (χ0n) is 4.59. The maximum atomic E-state index is 8.83. The highest BCUT2D eigenvalue weighted by Gasteiger charge is 2.13. The van der Waals surface area contributed by atoms with Gasteiger partial charge in [-0.3, -0.25) is 5.32 Å². The first kappa shape index (κ1) is 5.97. The van der Waals surface area contributed by atoms with Crippen LogP contribution in [0.2, 0.25) is 0 Å². The minimum atomic E-state index is -0.473. The van der Waals surface area contributed by atoms with Crippen molar-refractivity contribution in [2.24, 2.45) is 5.73 Å². The molecule has 1 saturated heterocycles. The smallest absolute Gasteiger partial charge is 0.118 e. The van der Waals surface area contributed by atoms with Crippen molar-refractivity contribution < 1.29 is 5.11 Å². The van der Waals surface area contributed by atoms with E-state index in [1.54, 1.807) is 0 Å². The van der Waals surface area contributed by atoms with Crippen molar-refractivity contribution in [3.63, 3.8) is 0 Å². The van der Waals surface area contributed by atoms with Crippen molar-refractivity contribution in [3.05, 3.63) is 0 Å². The van der Waals surface area contributed by atoms with Gasteiger partial charge >= 0.3 is 0 Å². The first-order valence-corrected chi connectivity index (χ1v) is 2.69. The summed E-state index contributed by atoms with van der Waals surface area (Å²) in [5, 5.41) is 14.5. The zero-order valence-corrected chi connectivity index (χ0v) is 4.59. The molecule has 0 radical (unpaired) electrons. The second-order valence-corrected chi connectivity index (χ2v) is 1.95. The topological polar surface area (TPSA) is 70.3 Å². The molecule has 0 aromatic carbocycles. The van der Waals surface area contributed by atoms with Crippen LogP contribution in [0.25, 0.3) is 0 Å². The SMILES string of the molecule is NC1CNCC(O)N1. The summed E-state index contributed by atoms with van der Waals surface area (Å²) in [6, 6.07) is 0. The third kappa shape index (κ3) is 1.41. The van der Waals surface area contributed by atoms with E-state index in [0.29, 0.717) is 6.54 Å². The van der Waals surface area contributed by atoms with Crippen LogP contribution in [-0.4, -0.2) is 30.6 Å². The lowest BCUT2D eigenvalue weighted by molar-refractivity contribution is 0.0993. The van der Waals surface area contributed by atoms with Crippen molar-refractivity contribution >= 4 is 0 Å². The van der Waals surface area contributed by atoms with Gasteiger partial charge in [0.2, 0.25) is 0 Å². The molecule has 0 amide bonds. The van der Waals surface area contributed by atoms with Crippen LogP contribution in [0.4, 0.5) is 0 Å². The molecule has 0 bridgehead atoms. The van der Waals surface area contributed by atoms with Crippen molar-refractivity contribution in [1.29, 1.82) is 0 Å². The van der Waals surface area contributed by atoms with Gasteiger partial charge in [0.15, 0.2) is 0 Å². The van der Waals surface area contributed by atoms with Crippen molar-refractivity contribution in [2.75, 3.05) is 13.1 Å². The van der Waals surface area contributed by atoms with Crippen LogP contribution < -0.4 is 16.4 Å². The molecule has 1 fully saturated rings. The number of β-amino-alcohol motifs (C(OH)–C–C–N with tert-alkyl or cyclic N) is 1. The quantitative estimate of drug-likeness (QED) is 0.290. The Morgan fingerprint density at radius 1 is 1.50 bits per heavy atom. The molecule has 2 atom stereocenters. The molecule has 1 aliphatic heterocycles. The fraction of sp³-hybridized carbons (Fsp3) is 1.00. The summed E-state index contributed by atoms with van der Waals surface area (Å²) in [6.07, 6.45) is -0.572. The maximum absolute atomic E-state index is 8.83. The van der Waals surface area contributed by atoms with Gasteiger partial charge in [0.05, 0.1) is 6.17 Å². The Bertz CT molecular complexity index is 69.7. The summed E-state index contributed by atoms with van der Waals surface area (Å²) in [5.41, 5.74) is 5.39. The fourth-order valence-corrected chi connectivity index (χ4v) is 0.741. The van der Waals surface area contributed by atoms with Crippen LogP contribution >= 0.6 is 0 Å². The number of hydrogen-bond acceptors (Lipinski definition) is 4.